The van der Waals surface area contributed by atoms with E-state index >= 15 is 0 Å². The van der Waals surface area contributed by atoms with E-state index in [-0.39, 0.29) is 5.91 Å². The lowest BCUT2D eigenvalue weighted by Crippen LogP contribution is -3.15. The Bertz CT molecular complexity index is 902. The van der Waals surface area contributed by atoms with Crippen LogP contribution in [0.25, 0.3) is 0 Å². The average Bonchev–Trinajstić information content (AvgIpc) is 3.11. The molecule has 5 nitrogen and oxygen atoms in total. The minimum atomic E-state index is 0.227. The van der Waals surface area contributed by atoms with E-state index in [0.717, 1.165) is 43.2 Å². The second-order valence-electron chi connectivity index (χ2n) is 8.10. The van der Waals surface area contributed by atoms with Crippen LogP contribution >= 0.6 is 0 Å². The van der Waals surface area contributed by atoms with Crippen LogP contribution in [-0.2, 0) is 11.2 Å². The number of rotatable bonds is 6. The Morgan fingerprint density at radius 3 is 2.07 bits per heavy atom. The first-order valence-electron chi connectivity index (χ1n) is 10.8. The summed E-state index contributed by atoms with van der Waals surface area (Å²) in [4.78, 5) is 16.3. The number of nitrogens with one attached hydrogen (secondary N) is 1. The number of carbonyl (C=O) groups is 1. The highest BCUT2D eigenvalue weighted by molar-refractivity contribution is 5.76. The molecule has 1 amide bonds. The van der Waals surface area contributed by atoms with Crippen molar-refractivity contribution in [1.29, 1.82) is 0 Å². The predicted octanol–water partition coefficient (Wildman–Crippen LogP) is 2.74. The first-order chi connectivity index (χ1) is 14.6. The van der Waals surface area contributed by atoms with E-state index in [1.807, 2.05) is 18.7 Å². The van der Waals surface area contributed by atoms with E-state index in [1.54, 1.807) is 0 Å². The van der Waals surface area contributed by atoms with Crippen LogP contribution in [0.1, 0.15) is 40.6 Å². The summed E-state index contributed by atoms with van der Waals surface area (Å²) >= 11 is 0. The van der Waals surface area contributed by atoms with Crippen molar-refractivity contribution in [2.45, 2.75) is 32.7 Å². The molecule has 30 heavy (non-hydrogen) atoms. The lowest BCUT2D eigenvalue weighted by Gasteiger charge is -2.37. The topological polar surface area (TPSA) is 50.8 Å². The summed E-state index contributed by atoms with van der Waals surface area (Å²) in [7, 11) is 0. The second-order valence-corrected chi connectivity index (χ2v) is 8.10. The number of nitrogens with zero attached hydrogens (tertiary/aromatic N) is 2. The van der Waals surface area contributed by atoms with Crippen molar-refractivity contribution in [3.8, 4) is 0 Å². The first-order valence-corrected chi connectivity index (χ1v) is 10.8. The number of aryl methyl sites for hydroxylation is 2. The van der Waals surface area contributed by atoms with Crippen LogP contribution in [0.15, 0.2) is 65.2 Å². The van der Waals surface area contributed by atoms with Crippen LogP contribution in [0.2, 0.25) is 0 Å². The third-order valence-corrected chi connectivity index (χ3v) is 6.20. The van der Waals surface area contributed by atoms with Crippen LogP contribution in [0.4, 0.5) is 0 Å². The molecule has 0 spiro atoms. The van der Waals surface area contributed by atoms with E-state index in [2.05, 4.69) is 65.8 Å². The Morgan fingerprint density at radius 2 is 1.57 bits per heavy atom. The molecule has 0 aliphatic carbocycles. The van der Waals surface area contributed by atoms with Gasteiger partial charge in [0.05, 0.1) is 31.9 Å². The highest BCUT2D eigenvalue weighted by Gasteiger charge is 2.31. The van der Waals surface area contributed by atoms with Gasteiger partial charge in [0.2, 0.25) is 5.91 Å². The van der Waals surface area contributed by atoms with Gasteiger partial charge in [-0.2, -0.15) is 0 Å². The number of benzene rings is 2. The Balaban J connectivity index is 1.40. The molecule has 0 atom stereocenters. The van der Waals surface area contributed by atoms with Gasteiger partial charge in [0, 0.05) is 23.1 Å². The third-order valence-electron chi connectivity index (χ3n) is 6.20. The molecule has 5 heteroatoms. The fourth-order valence-electron chi connectivity index (χ4n) is 4.54. The van der Waals surface area contributed by atoms with E-state index in [9.17, 15) is 4.79 Å². The van der Waals surface area contributed by atoms with Crippen molar-refractivity contribution < 1.29 is 14.2 Å². The molecular weight excluding hydrogens is 374 g/mol. The fourth-order valence-corrected chi connectivity index (χ4v) is 4.54. The molecule has 1 aliphatic heterocycles. The Morgan fingerprint density at radius 1 is 1.00 bits per heavy atom. The molecule has 156 valence electrons. The quantitative estimate of drug-likeness (QED) is 0.687. The number of quaternary nitrogens is 1. The van der Waals surface area contributed by atoms with Gasteiger partial charge in [-0.1, -0.05) is 65.8 Å². The van der Waals surface area contributed by atoms with E-state index in [0.29, 0.717) is 18.9 Å². The molecule has 1 N–H and O–H groups in total. The molecular formula is C25H30N3O2+. The summed E-state index contributed by atoms with van der Waals surface area (Å²) in [6, 6.07) is 21.7. The van der Waals surface area contributed by atoms with Gasteiger partial charge in [-0.15, -0.1) is 0 Å². The predicted molar refractivity (Wildman–Crippen MR) is 116 cm³/mol. The number of hydrogen-bond acceptors (Lipinski definition) is 3. The molecule has 0 unspecified atom stereocenters. The lowest BCUT2D eigenvalue weighted by molar-refractivity contribution is -0.929. The van der Waals surface area contributed by atoms with E-state index in [4.69, 9.17) is 4.52 Å². The lowest BCUT2D eigenvalue weighted by atomic mass is 9.96. The zero-order valence-electron chi connectivity index (χ0n) is 17.8. The zero-order valence-corrected chi connectivity index (χ0v) is 17.8. The Kier molecular flexibility index (Phi) is 6.29. The van der Waals surface area contributed by atoms with Crippen molar-refractivity contribution in [3.63, 3.8) is 0 Å². The molecule has 1 aliphatic rings. The normalized spacial score (nSPS) is 15.0. The van der Waals surface area contributed by atoms with Crippen molar-refractivity contribution in [2.24, 2.45) is 0 Å². The minimum absolute atomic E-state index is 0.227. The van der Waals surface area contributed by atoms with Gasteiger partial charge in [-0.3, -0.25) is 4.79 Å². The average molecular weight is 405 g/mol. The van der Waals surface area contributed by atoms with Gasteiger partial charge in [0.1, 0.15) is 11.8 Å². The van der Waals surface area contributed by atoms with Crippen molar-refractivity contribution in [3.05, 3.63) is 88.8 Å². The minimum Gasteiger partial charge on any atom is -0.361 e. The first kappa shape index (κ1) is 20.4. The Hall–Kier alpha value is -2.92. The van der Waals surface area contributed by atoms with Crippen molar-refractivity contribution in [2.75, 3.05) is 26.2 Å². The highest BCUT2D eigenvalue weighted by atomic mass is 16.5. The molecule has 0 radical (unpaired) electrons. The standard InChI is InChI=1S/C25H29N3O2/c1-19-23(20(2)30-26-19)13-14-24(29)27-15-17-28(18-16-27)25(21-9-5-3-6-10-21)22-11-7-4-8-12-22/h3-12,25H,13-18H2,1-2H3/p+1. The van der Waals surface area contributed by atoms with Crippen LogP contribution in [0.5, 0.6) is 0 Å². The molecule has 4 rings (SSSR count). The number of hydrogen-bond donors (Lipinski definition) is 1. The molecule has 2 aromatic carbocycles. The maximum absolute atomic E-state index is 12.8. The van der Waals surface area contributed by atoms with Crippen LogP contribution in [-0.4, -0.2) is 42.1 Å². The van der Waals surface area contributed by atoms with E-state index < -0.39 is 0 Å². The third kappa shape index (κ3) is 4.46. The van der Waals surface area contributed by atoms with Crippen molar-refractivity contribution >= 4 is 5.91 Å². The van der Waals surface area contributed by atoms with Gasteiger partial charge in [-0.05, 0) is 20.3 Å². The van der Waals surface area contributed by atoms with Gasteiger partial charge in [0.25, 0.3) is 0 Å². The molecule has 2 heterocycles. The monoisotopic (exact) mass is 404 g/mol. The fraction of sp³-hybridized carbons (Fsp3) is 0.360. The van der Waals surface area contributed by atoms with Crippen LogP contribution in [0.3, 0.4) is 0 Å². The molecule has 0 bridgehead atoms. The number of carbonyl (C=O) groups excluding carboxylic acids is 1. The second kappa shape index (κ2) is 9.26. The summed E-state index contributed by atoms with van der Waals surface area (Å²) in [5.41, 5.74) is 4.62. The van der Waals surface area contributed by atoms with Gasteiger partial charge < -0.3 is 14.3 Å². The SMILES string of the molecule is Cc1noc(C)c1CCC(=O)N1CC[NH+](C(c2ccccc2)c2ccccc2)CC1. The van der Waals surface area contributed by atoms with Gasteiger partial charge in [-0.25, -0.2) is 0 Å². The van der Waals surface area contributed by atoms with Crippen molar-refractivity contribution in [1.82, 2.24) is 10.1 Å². The molecule has 0 saturated carbocycles. The van der Waals surface area contributed by atoms with Crippen LogP contribution in [0, 0.1) is 13.8 Å². The Labute approximate surface area is 178 Å². The molecule has 1 aromatic heterocycles. The maximum atomic E-state index is 12.8. The summed E-state index contributed by atoms with van der Waals surface area (Å²) in [5.74, 6) is 1.05. The number of aromatic nitrogens is 1. The molecule has 3 aromatic rings. The summed E-state index contributed by atoms with van der Waals surface area (Å²) in [5, 5.41) is 3.99. The van der Waals surface area contributed by atoms with Gasteiger partial charge in [0.15, 0.2) is 0 Å². The summed E-state index contributed by atoms with van der Waals surface area (Å²) in [6.07, 6.45) is 1.21. The van der Waals surface area contributed by atoms with Gasteiger partial charge >= 0.3 is 0 Å². The number of piperazine rings is 1. The maximum Gasteiger partial charge on any atom is 0.223 e. The summed E-state index contributed by atoms with van der Waals surface area (Å²) < 4.78 is 5.22. The number of amides is 1. The summed E-state index contributed by atoms with van der Waals surface area (Å²) in [6.45, 7) is 7.34. The molecule has 1 saturated heterocycles. The highest BCUT2D eigenvalue weighted by Crippen LogP contribution is 2.20. The molecule has 1 fully saturated rings. The van der Waals surface area contributed by atoms with Crippen LogP contribution < -0.4 is 4.90 Å². The largest absolute Gasteiger partial charge is 0.361 e. The van der Waals surface area contributed by atoms with E-state index in [1.165, 1.54) is 16.0 Å². The smallest absolute Gasteiger partial charge is 0.223 e. The zero-order chi connectivity index (χ0) is 20.9.